The summed E-state index contributed by atoms with van der Waals surface area (Å²) in [7, 11) is 0. The average molecular weight is 508 g/mol. The molecule has 0 atom stereocenters. The lowest BCUT2D eigenvalue weighted by molar-refractivity contribution is -0.131. The lowest BCUT2D eigenvalue weighted by Gasteiger charge is -2.26. The Hall–Kier alpha value is -3.78. The van der Waals surface area contributed by atoms with E-state index in [2.05, 4.69) is 21.7 Å². The van der Waals surface area contributed by atoms with E-state index < -0.39 is 0 Å². The lowest BCUT2D eigenvalue weighted by atomic mass is 10.1. The minimum atomic E-state index is -0.297. The Labute approximate surface area is 214 Å². The quantitative estimate of drug-likeness (QED) is 0.446. The smallest absolute Gasteiger partial charge is 0.254 e. The molecule has 0 N–H and O–H groups in total. The maximum absolute atomic E-state index is 13.2. The van der Waals surface area contributed by atoms with E-state index >= 15 is 0 Å². The van der Waals surface area contributed by atoms with Crippen LogP contribution >= 0.6 is 11.6 Å². The second-order valence-corrected chi connectivity index (χ2v) is 8.92. The SMILES string of the molecule is C=CCN(CC(=O)N1CCCN(c2ccc(-c3ccc(F)cc3)nn2)CC1)C(=O)c1ccc(Cl)cc1. The summed E-state index contributed by atoms with van der Waals surface area (Å²) in [5.41, 5.74) is 1.93. The normalized spacial score (nSPS) is 13.7. The molecule has 1 saturated heterocycles. The first-order chi connectivity index (χ1) is 17.4. The van der Waals surface area contributed by atoms with Crippen LogP contribution in [0.2, 0.25) is 5.02 Å². The molecule has 4 rings (SSSR count). The van der Waals surface area contributed by atoms with E-state index in [-0.39, 0.29) is 30.7 Å². The van der Waals surface area contributed by atoms with E-state index in [4.69, 9.17) is 11.6 Å². The van der Waals surface area contributed by atoms with Crippen molar-refractivity contribution in [1.82, 2.24) is 20.0 Å². The van der Waals surface area contributed by atoms with Crippen LogP contribution in [0.25, 0.3) is 11.3 Å². The fourth-order valence-electron chi connectivity index (χ4n) is 4.08. The molecular weight excluding hydrogens is 481 g/mol. The largest absolute Gasteiger partial charge is 0.353 e. The standard InChI is InChI=1S/C27H27ClFN5O2/c1-2-14-34(27(36)21-4-8-22(28)9-5-21)19-26(35)33-16-3-15-32(17-18-33)25-13-12-24(30-31-25)20-6-10-23(29)11-7-20/h2,4-13H,1,3,14-19H2. The third-order valence-electron chi connectivity index (χ3n) is 6.02. The molecule has 9 heteroatoms. The molecule has 0 aliphatic carbocycles. The molecule has 7 nitrogen and oxygen atoms in total. The Bertz CT molecular complexity index is 1200. The number of hydrogen-bond donors (Lipinski definition) is 0. The third-order valence-corrected chi connectivity index (χ3v) is 6.27. The number of anilines is 1. The van der Waals surface area contributed by atoms with E-state index in [1.165, 1.54) is 17.0 Å². The van der Waals surface area contributed by atoms with Gasteiger partial charge in [0.2, 0.25) is 5.91 Å². The number of amides is 2. The molecule has 36 heavy (non-hydrogen) atoms. The third kappa shape index (κ3) is 6.26. The summed E-state index contributed by atoms with van der Waals surface area (Å²) in [5, 5.41) is 9.19. The molecule has 1 aliphatic rings. The summed E-state index contributed by atoms with van der Waals surface area (Å²) in [6.45, 7) is 6.39. The highest BCUT2D eigenvalue weighted by Crippen LogP contribution is 2.20. The number of carbonyl (C=O) groups excluding carboxylic acids is 2. The van der Waals surface area contributed by atoms with Gasteiger partial charge in [0, 0.05) is 48.9 Å². The first kappa shape index (κ1) is 25.3. The second kappa shape index (κ2) is 11.8. The molecule has 0 spiro atoms. The Balaban J connectivity index is 1.37. The van der Waals surface area contributed by atoms with Crippen molar-refractivity contribution in [3.8, 4) is 11.3 Å². The zero-order valence-electron chi connectivity index (χ0n) is 19.8. The number of rotatable bonds is 7. The summed E-state index contributed by atoms with van der Waals surface area (Å²) >= 11 is 5.93. The predicted molar refractivity (Wildman–Crippen MR) is 138 cm³/mol. The van der Waals surface area contributed by atoms with Crippen LogP contribution in [0.1, 0.15) is 16.8 Å². The zero-order valence-corrected chi connectivity index (χ0v) is 20.6. The van der Waals surface area contributed by atoms with Gasteiger partial charge in [-0.1, -0.05) is 17.7 Å². The number of benzene rings is 2. The van der Waals surface area contributed by atoms with E-state index in [0.717, 1.165) is 24.3 Å². The predicted octanol–water partition coefficient (Wildman–Crippen LogP) is 4.30. The molecule has 0 radical (unpaired) electrons. The number of nitrogens with zero attached hydrogens (tertiary/aromatic N) is 5. The molecule has 1 fully saturated rings. The van der Waals surface area contributed by atoms with Crippen molar-refractivity contribution in [1.29, 1.82) is 0 Å². The number of carbonyl (C=O) groups is 2. The van der Waals surface area contributed by atoms with Gasteiger partial charge >= 0.3 is 0 Å². The average Bonchev–Trinajstić information content (AvgIpc) is 3.16. The first-order valence-corrected chi connectivity index (χ1v) is 12.1. The van der Waals surface area contributed by atoms with Gasteiger partial charge in [-0.05, 0) is 67.1 Å². The van der Waals surface area contributed by atoms with Crippen molar-refractivity contribution < 1.29 is 14.0 Å². The van der Waals surface area contributed by atoms with Gasteiger partial charge in [-0.25, -0.2) is 4.39 Å². The maximum Gasteiger partial charge on any atom is 0.254 e. The first-order valence-electron chi connectivity index (χ1n) is 11.7. The van der Waals surface area contributed by atoms with Gasteiger partial charge in [0.1, 0.15) is 12.4 Å². The minimum absolute atomic E-state index is 0.0281. The van der Waals surface area contributed by atoms with E-state index in [9.17, 15) is 14.0 Å². The van der Waals surface area contributed by atoms with Gasteiger partial charge < -0.3 is 14.7 Å². The van der Waals surface area contributed by atoms with Crippen LogP contribution in [0.15, 0.2) is 73.3 Å². The summed E-state index contributed by atoms with van der Waals surface area (Å²) in [4.78, 5) is 31.4. The lowest BCUT2D eigenvalue weighted by Crippen LogP contribution is -2.44. The van der Waals surface area contributed by atoms with Crippen LogP contribution in [-0.2, 0) is 4.79 Å². The van der Waals surface area contributed by atoms with Crippen molar-refractivity contribution in [2.75, 3.05) is 44.2 Å². The van der Waals surface area contributed by atoms with Crippen LogP contribution in [0.3, 0.4) is 0 Å². The maximum atomic E-state index is 13.2. The minimum Gasteiger partial charge on any atom is -0.353 e. The van der Waals surface area contributed by atoms with Crippen molar-refractivity contribution in [2.24, 2.45) is 0 Å². The van der Waals surface area contributed by atoms with Gasteiger partial charge in [-0.15, -0.1) is 16.8 Å². The topological polar surface area (TPSA) is 69.6 Å². The van der Waals surface area contributed by atoms with Gasteiger partial charge in [0.05, 0.1) is 5.69 Å². The van der Waals surface area contributed by atoms with E-state index in [1.807, 2.05) is 12.1 Å². The van der Waals surface area contributed by atoms with Crippen LogP contribution in [0, 0.1) is 5.82 Å². The molecule has 1 aliphatic heterocycles. The van der Waals surface area contributed by atoms with E-state index in [0.29, 0.717) is 35.9 Å². The number of hydrogen-bond acceptors (Lipinski definition) is 5. The molecule has 0 unspecified atom stereocenters. The van der Waals surface area contributed by atoms with E-state index in [1.54, 1.807) is 47.4 Å². The van der Waals surface area contributed by atoms with Crippen molar-refractivity contribution >= 4 is 29.2 Å². The monoisotopic (exact) mass is 507 g/mol. The molecular formula is C27H27ClFN5O2. The van der Waals surface area contributed by atoms with Gasteiger partial charge in [0.15, 0.2) is 5.82 Å². The molecule has 1 aromatic heterocycles. The van der Waals surface area contributed by atoms with Crippen molar-refractivity contribution in [2.45, 2.75) is 6.42 Å². The van der Waals surface area contributed by atoms with Crippen molar-refractivity contribution in [3.63, 3.8) is 0 Å². The highest BCUT2D eigenvalue weighted by Gasteiger charge is 2.24. The summed E-state index contributed by atoms with van der Waals surface area (Å²) in [6, 6.07) is 16.5. The molecule has 0 bridgehead atoms. The van der Waals surface area contributed by atoms with Crippen molar-refractivity contribution in [3.05, 3.63) is 89.7 Å². The van der Waals surface area contributed by atoms with Crippen LogP contribution in [0.4, 0.5) is 10.2 Å². The Morgan fingerprint density at radius 3 is 2.39 bits per heavy atom. The second-order valence-electron chi connectivity index (χ2n) is 8.49. The Kier molecular flexibility index (Phi) is 8.28. The van der Waals surface area contributed by atoms with Crippen LogP contribution in [-0.4, -0.2) is 71.1 Å². The summed E-state index contributed by atoms with van der Waals surface area (Å²) < 4.78 is 13.2. The fraction of sp³-hybridized carbons (Fsp3) is 0.259. The molecule has 0 saturated carbocycles. The molecule has 2 heterocycles. The summed E-state index contributed by atoms with van der Waals surface area (Å²) in [6.07, 6.45) is 2.37. The molecule has 186 valence electrons. The fourth-order valence-corrected chi connectivity index (χ4v) is 4.20. The molecule has 3 aromatic rings. The number of halogens is 2. The van der Waals surface area contributed by atoms with Crippen LogP contribution < -0.4 is 4.90 Å². The Morgan fingerprint density at radius 1 is 0.972 bits per heavy atom. The molecule has 2 aromatic carbocycles. The Morgan fingerprint density at radius 2 is 1.72 bits per heavy atom. The summed E-state index contributed by atoms with van der Waals surface area (Å²) in [5.74, 6) is 0.0713. The molecule has 2 amide bonds. The van der Waals surface area contributed by atoms with Gasteiger partial charge in [-0.2, -0.15) is 0 Å². The van der Waals surface area contributed by atoms with Crippen LogP contribution in [0.5, 0.6) is 0 Å². The van der Waals surface area contributed by atoms with Gasteiger partial charge in [-0.3, -0.25) is 9.59 Å². The highest BCUT2D eigenvalue weighted by molar-refractivity contribution is 6.30. The van der Waals surface area contributed by atoms with Gasteiger partial charge in [0.25, 0.3) is 5.91 Å². The highest BCUT2D eigenvalue weighted by atomic mass is 35.5. The number of aromatic nitrogens is 2. The zero-order chi connectivity index (χ0) is 25.5.